The first-order chi connectivity index (χ1) is 14.6. The molecule has 31 heavy (non-hydrogen) atoms. The summed E-state index contributed by atoms with van der Waals surface area (Å²) in [7, 11) is -2.28. The number of benzene rings is 2. The Hall–Kier alpha value is -3.11. The van der Waals surface area contributed by atoms with Gasteiger partial charge in [-0.15, -0.1) is 0 Å². The van der Waals surface area contributed by atoms with Crippen LogP contribution in [-0.4, -0.2) is 46.5 Å². The summed E-state index contributed by atoms with van der Waals surface area (Å²) in [6.07, 6.45) is 0.514. The molecule has 4 N–H and O–H groups in total. The molecule has 0 unspecified atom stereocenters. The van der Waals surface area contributed by atoms with E-state index in [0.717, 1.165) is 5.56 Å². The fraction of sp³-hybridized carbons (Fsp3) is 0.333. The van der Waals surface area contributed by atoms with Crippen molar-refractivity contribution in [3.05, 3.63) is 53.6 Å². The quantitative estimate of drug-likeness (QED) is 0.499. The second kappa shape index (κ2) is 10.8. The van der Waals surface area contributed by atoms with Crippen LogP contribution in [0.1, 0.15) is 29.8 Å². The molecule has 2 amide bonds. The molecule has 0 aliphatic heterocycles. The van der Waals surface area contributed by atoms with Gasteiger partial charge in [-0.2, -0.15) is 0 Å². The number of amides is 2. The number of rotatable bonds is 10. The molecule has 2 aromatic carbocycles. The Morgan fingerprint density at radius 2 is 1.74 bits per heavy atom. The number of hydrogen-bond donors (Lipinski definition) is 3. The fourth-order valence-corrected chi connectivity index (χ4v) is 3.22. The predicted octanol–water partition coefficient (Wildman–Crippen LogP) is 1.22. The minimum absolute atomic E-state index is 0.00991. The van der Waals surface area contributed by atoms with E-state index in [1.54, 1.807) is 24.3 Å². The smallest absolute Gasteiger partial charge is 0.258 e. The maximum Gasteiger partial charge on any atom is 0.258 e. The van der Waals surface area contributed by atoms with Crippen molar-refractivity contribution in [2.45, 2.75) is 31.2 Å². The summed E-state index contributed by atoms with van der Waals surface area (Å²) in [5.74, 6) is 0.135. The monoisotopic (exact) mass is 449 g/mol. The summed E-state index contributed by atoms with van der Waals surface area (Å²) < 4.78 is 33.3. The van der Waals surface area contributed by atoms with E-state index in [9.17, 15) is 18.0 Å². The highest BCUT2D eigenvalue weighted by Crippen LogP contribution is 2.28. The Labute approximate surface area is 182 Å². The molecule has 0 saturated carbocycles. The molecule has 0 aliphatic carbocycles. The minimum Gasteiger partial charge on any atom is -0.493 e. The Balaban J connectivity index is 1.92. The lowest BCUT2D eigenvalue weighted by Crippen LogP contribution is -2.34. The van der Waals surface area contributed by atoms with Gasteiger partial charge in [0.1, 0.15) is 0 Å². The number of primary sulfonamides is 1. The highest BCUT2D eigenvalue weighted by molar-refractivity contribution is 7.89. The maximum absolute atomic E-state index is 12.4. The highest BCUT2D eigenvalue weighted by Gasteiger charge is 2.13. The lowest BCUT2D eigenvalue weighted by molar-refractivity contribution is -0.123. The minimum atomic E-state index is -3.73. The van der Waals surface area contributed by atoms with Crippen molar-refractivity contribution in [2.24, 2.45) is 5.14 Å². The van der Waals surface area contributed by atoms with Gasteiger partial charge in [0.2, 0.25) is 10.0 Å². The SMILES string of the molecule is COc1cc(C(=O)NCCc2ccc(S(N)(=O)=O)cc2)ccc1OCC(=O)NC(C)C. The summed E-state index contributed by atoms with van der Waals surface area (Å²) in [5, 5.41) is 10.6. The molecular formula is C21H27N3O6S. The number of hydrogen-bond acceptors (Lipinski definition) is 6. The molecule has 0 radical (unpaired) electrons. The number of carbonyl (C=O) groups excluding carboxylic acids is 2. The Kier molecular flexibility index (Phi) is 8.40. The molecule has 0 bridgehead atoms. The fourth-order valence-electron chi connectivity index (χ4n) is 2.70. The number of ether oxygens (including phenoxy) is 2. The van der Waals surface area contributed by atoms with E-state index in [1.165, 1.54) is 25.3 Å². The molecule has 0 spiro atoms. The van der Waals surface area contributed by atoms with Crippen molar-refractivity contribution < 1.29 is 27.5 Å². The average molecular weight is 450 g/mol. The van der Waals surface area contributed by atoms with Gasteiger partial charge in [0, 0.05) is 18.2 Å². The zero-order valence-electron chi connectivity index (χ0n) is 17.7. The molecule has 9 nitrogen and oxygen atoms in total. The van der Waals surface area contributed by atoms with E-state index in [-0.39, 0.29) is 29.4 Å². The van der Waals surface area contributed by atoms with E-state index < -0.39 is 10.0 Å². The first kappa shape index (κ1) is 24.2. The van der Waals surface area contributed by atoms with E-state index in [4.69, 9.17) is 14.6 Å². The van der Waals surface area contributed by atoms with Crippen LogP contribution in [0, 0.1) is 0 Å². The van der Waals surface area contributed by atoms with Gasteiger partial charge in [0.15, 0.2) is 18.1 Å². The molecule has 0 fully saturated rings. The van der Waals surface area contributed by atoms with Crippen LogP contribution in [0.25, 0.3) is 0 Å². The molecule has 0 heterocycles. The number of nitrogens with one attached hydrogen (secondary N) is 2. The van der Waals surface area contributed by atoms with Gasteiger partial charge in [-0.1, -0.05) is 12.1 Å². The standard InChI is InChI=1S/C21H27N3O6S/c1-14(2)24-20(25)13-30-18-9-6-16(12-19(18)29-3)21(26)23-11-10-15-4-7-17(8-5-15)31(22,27)28/h4-9,12,14H,10-11,13H2,1-3H3,(H,23,26)(H,24,25)(H2,22,27,28). The van der Waals surface area contributed by atoms with Crippen LogP contribution < -0.4 is 25.2 Å². The third-order valence-electron chi connectivity index (χ3n) is 4.19. The van der Waals surface area contributed by atoms with Crippen molar-refractivity contribution in [3.63, 3.8) is 0 Å². The predicted molar refractivity (Wildman–Crippen MR) is 116 cm³/mol. The van der Waals surface area contributed by atoms with Crippen LogP contribution in [0.2, 0.25) is 0 Å². The summed E-state index contributed by atoms with van der Waals surface area (Å²) in [4.78, 5) is 24.2. The lowest BCUT2D eigenvalue weighted by Gasteiger charge is -2.13. The van der Waals surface area contributed by atoms with Gasteiger partial charge in [0.25, 0.3) is 11.8 Å². The van der Waals surface area contributed by atoms with Crippen LogP contribution in [0.3, 0.4) is 0 Å². The third kappa shape index (κ3) is 7.58. The molecule has 2 rings (SSSR count). The number of carbonyl (C=O) groups is 2. The molecule has 10 heteroatoms. The van der Waals surface area contributed by atoms with E-state index in [0.29, 0.717) is 30.0 Å². The first-order valence-corrected chi connectivity index (χ1v) is 11.1. The largest absolute Gasteiger partial charge is 0.493 e. The molecule has 168 valence electrons. The topological polar surface area (TPSA) is 137 Å². The van der Waals surface area contributed by atoms with Crippen LogP contribution in [-0.2, 0) is 21.2 Å². The molecule has 0 aliphatic rings. The lowest BCUT2D eigenvalue weighted by atomic mass is 10.1. The zero-order valence-corrected chi connectivity index (χ0v) is 18.5. The summed E-state index contributed by atoms with van der Waals surface area (Å²) >= 11 is 0. The highest BCUT2D eigenvalue weighted by atomic mass is 32.2. The Bertz CT molecular complexity index is 1020. The van der Waals surface area contributed by atoms with Crippen molar-refractivity contribution in [3.8, 4) is 11.5 Å². The summed E-state index contributed by atoms with van der Waals surface area (Å²) in [6.45, 7) is 3.89. The molecular weight excluding hydrogens is 422 g/mol. The van der Waals surface area contributed by atoms with Gasteiger partial charge in [-0.25, -0.2) is 13.6 Å². The zero-order chi connectivity index (χ0) is 23.0. The molecule has 0 atom stereocenters. The molecule has 0 saturated heterocycles. The first-order valence-electron chi connectivity index (χ1n) is 9.60. The van der Waals surface area contributed by atoms with Crippen LogP contribution in [0.5, 0.6) is 11.5 Å². The van der Waals surface area contributed by atoms with Crippen molar-refractivity contribution in [1.82, 2.24) is 10.6 Å². The second-order valence-corrected chi connectivity index (χ2v) is 8.63. The Morgan fingerprint density at radius 1 is 1.06 bits per heavy atom. The van der Waals surface area contributed by atoms with Gasteiger partial charge in [0.05, 0.1) is 12.0 Å². The van der Waals surface area contributed by atoms with Crippen LogP contribution in [0.15, 0.2) is 47.4 Å². The van der Waals surface area contributed by atoms with Crippen molar-refractivity contribution in [1.29, 1.82) is 0 Å². The van der Waals surface area contributed by atoms with Crippen LogP contribution in [0.4, 0.5) is 0 Å². The van der Waals surface area contributed by atoms with E-state index in [1.807, 2.05) is 13.8 Å². The second-order valence-electron chi connectivity index (χ2n) is 7.07. The van der Waals surface area contributed by atoms with E-state index >= 15 is 0 Å². The van der Waals surface area contributed by atoms with Gasteiger partial charge < -0.3 is 20.1 Å². The van der Waals surface area contributed by atoms with Gasteiger partial charge in [-0.05, 0) is 56.2 Å². The summed E-state index contributed by atoms with van der Waals surface area (Å²) in [6, 6.07) is 10.8. The summed E-state index contributed by atoms with van der Waals surface area (Å²) in [5.41, 5.74) is 1.23. The van der Waals surface area contributed by atoms with Gasteiger partial charge >= 0.3 is 0 Å². The molecule has 0 aromatic heterocycles. The molecule has 2 aromatic rings. The number of nitrogens with two attached hydrogens (primary N) is 1. The average Bonchev–Trinajstić information content (AvgIpc) is 2.71. The van der Waals surface area contributed by atoms with Crippen molar-refractivity contribution in [2.75, 3.05) is 20.3 Å². The third-order valence-corrected chi connectivity index (χ3v) is 5.11. The van der Waals surface area contributed by atoms with Crippen molar-refractivity contribution >= 4 is 21.8 Å². The van der Waals surface area contributed by atoms with E-state index in [2.05, 4.69) is 10.6 Å². The maximum atomic E-state index is 12.4. The number of sulfonamides is 1. The van der Waals surface area contributed by atoms with Gasteiger partial charge in [-0.3, -0.25) is 9.59 Å². The normalized spacial score (nSPS) is 11.1. The van der Waals surface area contributed by atoms with Crippen LogP contribution >= 0.6 is 0 Å². The Morgan fingerprint density at radius 3 is 2.32 bits per heavy atom. The number of methoxy groups -OCH3 is 1.